The highest BCUT2D eigenvalue weighted by atomic mass is 16.2. The molecule has 2 unspecified atom stereocenters. The number of nitrogens with one attached hydrogen (secondary N) is 1. The summed E-state index contributed by atoms with van der Waals surface area (Å²) < 4.78 is 0. The molecule has 2 aliphatic rings. The molecule has 0 bridgehead atoms. The minimum Gasteiger partial charge on any atom is -0.341 e. The van der Waals surface area contributed by atoms with Gasteiger partial charge in [-0.15, -0.1) is 0 Å². The molecule has 92 valence electrons. The lowest BCUT2D eigenvalue weighted by Gasteiger charge is -2.33. The van der Waals surface area contributed by atoms with Crippen molar-refractivity contribution in [1.82, 2.24) is 10.2 Å². The summed E-state index contributed by atoms with van der Waals surface area (Å²) in [5.74, 6) is 1.78. The normalized spacial score (nSPS) is 32.4. The number of likely N-dealkylation sites (N-methyl/N-ethyl adjacent to an activating group) is 1. The Bertz CT molecular complexity index is 250. The molecular weight excluding hydrogens is 200 g/mol. The van der Waals surface area contributed by atoms with E-state index in [1.54, 1.807) is 0 Å². The summed E-state index contributed by atoms with van der Waals surface area (Å²) in [6.07, 6.45) is 6.17. The molecule has 1 heterocycles. The molecule has 0 aromatic heterocycles. The summed E-state index contributed by atoms with van der Waals surface area (Å²) in [5, 5.41) is 3.17. The molecule has 3 heteroatoms. The monoisotopic (exact) mass is 224 g/mol. The minimum atomic E-state index is 0.0533. The molecule has 1 aliphatic carbocycles. The fraction of sp³-hybridized carbons (Fsp3) is 0.923. The Morgan fingerprint density at radius 2 is 2.12 bits per heavy atom. The molecule has 1 amide bonds. The number of likely N-dealkylation sites (tertiary alicyclic amines) is 1. The van der Waals surface area contributed by atoms with Gasteiger partial charge in [-0.25, -0.2) is 0 Å². The Hall–Kier alpha value is -0.570. The first kappa shape index (κ1) is 11.9. The predicted molar refractivity (Wildman–Crippen MR) is 65.2 cm³/mol. The number of amides is 1. The second-order valence-electron chi connectivity index (χ2n) is 5.55. The van der Waals surface area contributed by atoms with Crippen LogP contribution in [0.3, 0.4) is 0 Å². The second-order valence-corrected chi connectivity index (χ2v) is 5.55. The molecule has 0 radical (unpaired) electrons. The maximum absolute atomic E-state index is 12.3. The third-order valence-corrected chi connectivity index (χ3v) is 4.19. The molecule has 2 rings (SSSR count). The second kappa shape index (κ2) is 5.17. The van der Waals surface area contributed by atoms with Crippen LogP contribution in [0.15, 0.2) is 0 Å². The van der Waals surface area contributed by atoms with E-state index in [9.17, 15) is 4.79 Å². The summed E-state index contributed by atoms with van der Waals surface area (Å²) in [5.41, 5.74) is 0. The van der Waals surface area contributed by atoms with Gasteiger partial charge in [-0.3, -0.25) is 4.79 Å². The van der Waals surface area contributed by atoms with Crippen LogP contribution in [-0.2, 0) is 4.79 Å². The zero-order chi connectivity index (χ0) is 11.5. The van der Waals surface area contributed by atoms with Crippen molar-refractivity contribution in [3.05, 3.63) is 0 Å². The maximum Gasteiger partial charge on any atom is 0.239 e. The number of hydrogen-bond acceptors (Lipinski definition) is 2. The molecule has 0 aromatic rings. The fourth-order valence-electron chi connectivity index (χ4n) is 2.74. The maximum atomic E-state index is 12.3. The third kappa shape index (κ3) is 2.57. The zero-order valence-electron chi connectivity index (χ0n) is 10.5. The lowest BCUT2D eigenvalue weighted by Crippen LogP contribution is -2.46. The molecule has 3 nitrogen and oxygen atoms in total. The summed E-state index contributed by atoms with van der Waals surface area (Å²) >= 11 is 0. The Kier molecular flexibility index (Phi) is 3.85. The van der Waals surface area contributed by atoms with Gasteiger partial charge in [0.15, 0.2) is 0 Å². The van der Waals surface area contributed by atoms with Gasteiger partial charge in [-0.05, 0) is 44.6 Å². The van der Waals surface area contributed by atoms with E-state index in [1.807, 2.05) is 7.05 Å². The lowest BCUT2D eigenvalue weighted by atomic mass is 9.85. The molecular formula is C13H24N2O. The van der Waals surface area contributed by atoms with Gasteiger partial charge in [0.25, 0.3) is 0 Å². The van der Waals surface area contributed by atoms with E-state index in [-0.39, 0.29) is 6.04 Å². The highest BCUT2D eigenvalue weighted by Gasteiger charge is 2.31. The predicted octanol–water partition coefficient (Wildman–Crippen LogP) is 1.63. The van der Waals surface area contributed by atoms with Gasteiger partial charge < -0.3 is 10.2 Å². The van der Waals surface area contributed by atoms with E-state index in [1.165, 1.54) is 19.3 Å². The topological polar surface area (TPSA) is 32.3 Å². The van der Waals surface area contributed by atoms with Crippen molar-refractivity contribution in [2.75, 3.05) is 20.1 Å². The molecule has 1 aliphatic heterocycles. The average molecular weight is 224 g/mol. The van der Waals surface area contributed by atoms with Crippen LogP contribution in [0.25, 0.3) is 0 Å². The molecule has 1 saturated heterocycles. The molecule has 16 heavy (non-hydrogen) atoms. The highest BCUT2D eigenvalue weighted by Crippen LogP contribution is 2.28. The van der Waals surface area contributed by atoms with Gasteiger partial charge in [0.1, 0.15) is 0 Å². The Balaban J connectivity index is 1.96. The van der Waals surface area contributed by atoms with Crippen molar-refractivity contribution < 1.29 is 4.79 Å². The van der Waals surface area contributed by atoms with Crippen LogP contribution >= 0.6 is 0 Å². The van der Waals surface area contributed by atoms with Crippen molar-refractivity contribution in [1.29, 1.82) is 0 Å². The molecule has 1 saturated carbocycles. The van der Waals surface area contributed by atoms with Crippen molar-refractivity contribution in [3.63, 3.8) is 0 Å². The molecule has 1 N–H and O–H groups in total. The number of carbonyl (C=O) groups excluding carboxylic acids is 1. The van der Waals surface area contributed by atoms with E-state index < -0.39 is 0 Å². The van der Waals surface area contributed by atoms with E-state index in [0.717, 1.165) is 31.8 Å². The molecule has 2 atom stereocenters. The number of hydrogen-bond donors (Lipinski definition) is 1. The van der Waals surface area contributed by atoms with Crippen LogP contribution in [0.5, 0.6) is 0 Å². The first-order valence-electron chi connectivity index (χ1n) is 6.66. The summed E-state index contributed by atoms with van der Waals surface area (Å²) in [7, 11) is 1.90. The van der Waals surface area contributed by atoms with Crippen molar-refractivity contribution >= 4 is 5.91 Å². The van der Waals surface area contributed by atoms with E-state index in [2.05, 4.69) is 17.1 Å². The number of carbonyl (C=O) groups is 1. The third-order valence-electron chi connectivity index (χ3n) is 4.19. The van der Waals surface area contributed by atoms with Crippen LogP contribution in [0.1, 0.15) is 39.0 Å². The SMILES string of the molecule is CNC1CC(C)CCN(CC2CCC2)C1=O. The van der Waals surface area contributed by atoms with Crippen molar-refractivity contribution in [2.45, 2.75) is 45.1 Å². The van der Waals surface area contributed by atoms with Crippen molar-refractivity contribution in [2.24, 2.45) is 11.8 Å². The van der Waals surface area contributed by atoms with Gasteiger partial charge >= 0.3 is 0 Å². The van der Waals surface area contributed by atoms with Crippen LogP contribution in [0, 0.1) is 11.8 Å². The number of nitrogens with zero attached hydrogens (tertiary/aromatic N) is 1. The first-order valence-corrected chi connectivity index (χ1v) is 6.66. The molecule has 0 spiro atoms. The van der Waals surface area contributed by atoms with Crippen LogP contribution < -0.4 is 5.32 Å². The van der Waals surface area contributed by atoms with E-state index >= 15 is 0 Å². The first-order chi connectivity index (χ1) is 7.70. The van der Waals surface area contributed by atoms with Gasteiger partial charge in [0, 0.05) is 13.1 Å². The Labute approximate surface area is 98.6 Å². The van der Waals surface area contributed by atoms with Gasteiger partial charge in [-0.1, -0.05) is 13.3 Å². The largest absolute Gasteiger partial charge is 0.341 e. The van der Waals surface area contributed by atoms with Gasteiger partial charge in [0.2, 0.25) is 5.91 Å². The van der Waals surface area contributed by atoms with Crippen molar-refractivity contribution in [3.8, 4) is 0 Å². The summed E-state index contributed by atoms with van der Waals surface area (Å²) in [6, 6.07) is 0.0533. The smallest absolute Gasteiger partial charge is 0.239 e. The number of rotatable bonds is 3. The van der Waals surface area contributed by atoms with Crippen LogP contribution in [0.2, 0.25) is 0 Å². The Morgan fingerprint density at radius 3 is 2.69 bits per heavy atom. The summed E-state index contributed by atoms with van der Waals surface area (Å²) in [6.45, 7) is 4.23. The Morgan fingerprint density at radius 1 is 1.38 bits per heavy atom. The quantitative estimate of drug-likeness (QED) is 0.790. The molecule has 0 aromatic carbocycles. The summed E-state index contributed by atoms with van der Waals surface area (Å²) in [4.78, 5) is 14.4. The zero-order valence-corrected chi connectivity index (χ0v) is 10.5. The van der Waals surface area contributed by atoms with Crippen LogP contribution in [-0.4, -0.2) is 37.0 Å². The van der Waals surface area contributed by atoms with E-state index in [4.69, 9.17) is 0 Å². The van der Waals surface area contributed by atoms with E-state index in [0.29, 0.717) is 11.8 Å². The van der Waals surface area contributed by atoms with Crippen LogP contribution in [0.4, 0.5) is 0 Å². The average Bonchev–Trinajstić information content (AvgIpc) is 2.34. The minimum absolute atomic E-state index is 0.0533. The lowest BCUT2D eigenvalue weighted by molar-refractivity contribution is -0.133. The highest BCUT2D eigenvalue weighted by molar-refractivity contribution is 5.82. The fourth-order valence-corrected chi connectivity index (χ4v) is 2.74. The van der Waals surface area contributed by atoms with Gasteiger partial charge in [0.05, 0.1) is 6.04 Å². The standard InChI is InChI=1S/C13H24N2O/c1-10-6-7-15(9-11-4-3-5-11)13(16)12(8-10)14-2/h10-12,14H,3-9H2,1-2H3. The molecule has 2 fully saturated rings. The van der Waals surface area contributed by atoms with Gasteiger partial charge in [-0.2, -0.15) is 0 Å².